The van der Waals surface area contributed by atoms with Crippen molar-refractivity contribution in [2.24, 2.45) is 17.3 Å². The van der Waals surface area contributed by atoms with Crippen molar-refractivity contribution in [1.82, 2.24) is 0 Å². The fourth-order valence-corrected chi connectivity index (χ4v) is 2.99. The zero-order valence-electron chi connectivity index (χ0n) is 9.90. The molecule has 0 aromatic heterocycles. The minimum atomic E-state index is 0.584. The van der Waals surface area contributed by atoms with E-state index in [0.717, 1.165) is 11.8 Å². The Labute approximate surface area is 84.1 Å². The van der Waals surface area contributed by atoms with Crippen molar-refractivity contribution in [2.45, 2.75) is 66.2 Å². The minimum absolute atomic E-state index is 0.584. The molecule has 0 heteroatoms. The minimum Gasteiger partial charge on any atom is -0.0651 e. The van der Waals surface area contributed by atoms with E-state index in [1.165, 1.54) is 38.5 Å². The quantitative estimate of drug-likeness (QED) is 0.596. The third kappa shape index (κ3) is 2.48. The molecule has 0 aliphatic heterocycles. The molecule has 1 fully saturated rings. The van der Waals surface area contributed by atoms with Crippen molar-refractivity contribution in [1.29, 1.82) is 0 Å². The largest absolute Gasteiger partial charge is 0.0651 e. The first-order chi connectivity index (χ1) is 6.11. The van der Waals surface area contributed by atoms with Crippen molar-refractivity contribution in [3.05, 3.63) is 0 Å². The molecule has 1 saturated carbocycles. The van der Waals surface area contributed by atoms with Crippen molar-refractivity contribution in [3.63, 3.8) is 0 Å². The lowest BCUT2D eigenvalue weighted by Crippen LogP contribution is -2.32. The van der Waals surface area contributed by atoms with Crippen LogP contribution in [0.2, 0.25) is 0 Å². The summed E-state index contributed by atoms with van der Waals surface area (Å²) < 4.78 is 0. The Bertz CT molecular complexity index is 146. The van der Waals surface area contributed by atoms with E-state index in [1.807, 2.05) is 0 Å². The highest BCUT2D eigenvalue weighted by molar-refractivity contribution is 4.85. The van der Waals surface area contributed by atoms with E-state index in [-0.39, 0.29) is 0 Å². The molecule has 0 radical (unpaired) electrons. The standard InChI is InChI=1S/C13H26/c1-5-11-9-7-8-10-12(11)13(3,4)6-2/h11-12H,5-10H2,1-4H3. The van der Waals surface area contributed by atoms with E-state index in [2.05, 4.69) is 27.7 Å². The van der Waals surface area contributed by atoms with Gasteiger partial charge in [-0.3, -0.25) is 0 Å². The van der Waals surface area contributed by atoms with Crippen LogP contribution in [0.15, 0.2) is 0 Å². The molecule has 1 aliphatic rings. The van der Waals surface area contributed by atoms with Gasteiger partial charge in [0.1, 0.15) is 0 Å². The molecule has 1 rings (SSSR count). The average Bonchev–Trinajstić information content (AvgIpc) is 2.18. The normalized spacial score (nSPS) is 30.5. The molecule has 0 amide bonds. The van der Waals surface area contributed by atoms with Crippen LogP contribution in [0, 0.1) is 17.3 Å². The van der Waals surface area contributed by atoms with E-state index in [1.54, 1.807) is 0 Å². The maximum absolute atomic E-state index is 2.46. The van der Waals surface area contributed by atoms with Gasteiger partial charge in [-0.25, -0.2) is 0 Å². The van der Waals surface area contributed by atoms with Gasteiger partial charge >= 0.3 is 0 Å². The fraction of sp³-hybridized carbons (Fsp3) is 1.00. The molecule has 78 valence electrons. The summed E-state index contributed by atoms with van der Waals surface area (Å²) >= 11 is 0. The van der Waals surface area contributed by atoms with Gasteiger partial charge in [0, 0.05) is 0 Å². The predicted molar refractivity (Wildman–Crippen MR) is 59.8 cm³/mol. The second-order valence-corrected chi connectivity index (χ2v) is 5.40. The van der Waals surface area contributed by atoms with Gasteiger partial charge in [0.05, 0.1) is 0 Å². The summed E-state index contributed by atoms with van der Waals surface area (Å²) in [5, 5.41) is 0. The van der Waals surface area contributed by atoms with Gasteiger partial charge in [-0.15, -0.1) is 0 Å². The molecule has 1 aliphatic carbocycles. The van der Waals surface area contributed by atoms with Crippen LogP contribution in [0.4, 0.5) is 0 Å². The second-order valence-electron chi connectivity index (χ2n) is 5.40. The summed E-state index contributed by atoms with van der Waals surface area (Å²) in [5.74, 6) is 2.01. The molecule has 0 heterocycles. The van der Waals surface area contributed by atoms with Gasteiger partial charge in [0.15, 0.2) is 0 Å². The summed E-state index contributed by atoms with van der Waals surface area (Å²) in [6.45, 7) is 9.65. The van der Waals surface area contributed by atoms with Crippen LogP contribution < -0.4 is 0 Å². The summed E-state index contributed by atoms with van der Waals surface area (Å²) in [6, 6.07) is 0. The van der Waals surface area contributed by atoms with Crippen LogP contribution in [0.1, 0.15) is 66.2 Å². The van der Waals surface area contributed by atoms with Gasteiger partial charge in [0.25, 0.3) is 0 Å². The Balaban J connectivity index is 2.63. The lowest BCUT2D eigenvalue weighted by Gasteiger charge is -2.42. The lowest BCUT2D eigenvalue weighted by atomic mass is 9.64. The van der Waals surface area contributed by atoms with Crippen molar-refractivity contribution >= 4 is 0 Å². The van der Waals surface area contributed by atoms with E-state index in [0.29, 0.717) is 5.41 Å². The van der Waals surface area contributed by atoms with Crippen LogP contribution in [-0.2, 0) is 0 Å². The maximum atomic E-state index is 2.46. The van der Waals surface area contributed by atoms with Gasteiger partial charge < -0.3 is 0 Å². The van der Waals surface area contributed by atoms with Crippen LogP contribution >= 0.6 is 0 Å². The number of hydrogen-bond donors (Lipinski definition) is 0. The maximum Gasteiger partial charge on any atom is -0.0326 e. The molecular weight excluding hydrogens is 156 g/mol. The predicted octanol–water partition coefficient (Wildman–Crippen LogP) is 4.64. The smallest absolute Gasteiger partial charge is 0.0326 e. The second kappa shape index (κ2) is 4.48. The van der Waals surface area contributed by atoms with Crippen LogP contribution in [-0.4, -0.2) is 0 Å². The van der Waals surface area contributed by atoms with Crippen molar-refractivity contribution in [3.8, 4) is 0 Å². The van der Waals surface area contributed by atoms with E-state index < -0.39 is 0 Å². The molecule has 0 bridgehead atoms. The molecule has 0 N–H and O–H groups in total. The van der Waals surface area contributed by atoms with Crippen LogP contribution in [0.3, 0.4) is 0 Å². The lowest BCUT2D eigenvalue weighted by molar-refractivity contribution is 0.0859. The van der Waals surface area contributed by atoms with Crippen LogP contribution in [0.25, 0.3) is 0 Å². The first-order valence-electron chi connectivity index (χ1n) is 6.11. The van der Waals surface area contributed by atoms with Gasteiger partial charge in [-0.2, -0.15) is 0 Å². The summed E-state index contributed by atoms with van der Waals surface area (Å²) in [5.41, 5.74) is 0.584. The zero-order chi connectivity index (χ0) is 9.90. The molecule has 2 unspecified atom stereocenters. The fourth-order valence-electron chi connectivity index (χ4n) is 2.99. The first kappa shape index (κ1) is 11.1. The van der Waals surface area contributed by atoms with Gasteiger partial charge in [-0.05, 0) is 23.7 Å². The van der Waals surface area contributed by atoms with Gasteiger partial charge in [-0.1, -0.05) is 59.8 Å². The van der Waals surface area contributed by atoms with Gasteiger partial charge in [0.2, 0.25) is 0 Å². The Hall–Kier alpha value is 0. The third-order valence-electron chi connectivity index (χ3n) is 4.35. The molecule has 0 spiro atoms. The summed E-state index contributed by atoms with van der Waals surface area (Å²) in [6.07, 6.45) is 8.67. The van der Waals surface area contributed by atoms with Crippen LogP contribution in [0.5, 0.6) is 0 Å². The van der Waals surface area contributed by atoms with Crippen molar-refractivity contribution < 1.29 is 0 Å². The highest BCUT2D eigenvalue weighted by Gasteiger charge is 2.34. The Morgan fingerprint density at radius 1 is 1.08 bits per heavy atom. The Morgan fingerprint density at radius 3 is 2.23 bits per heavy atom. The van der Waals surface area contributed by atoms with E-state index in [9.17, 15) is 0 Å². The van der Waals surface area contributed by atoms with E-state index >= 15 is 0 Å². The molecule has 2 atom stereocenters. The summed E-state index contributed by atoms with van der Waals surface area (Å²) in [7, 11) is 0. The SMILES string of the molecule is CCC1CCCCC1C(C)(C)CC. The summed E-state index contributed by atoms with van der Waals surface area (Å²) in [4.78, 5) is 0. The molecular formula is C13H26. The monoisotopic (exact) mass is 182 g/mol. The molecule has 0 aromatic carbocycles. The topological polar surface area (TPSA) is 0 Å². The van der Waals surface area contributed by atoms with E-state index in [4.69, 9.17) is 0 Å². The number of rotatable bonds is 3. The Kier molecular flexibility index (Phi) is 3.82. The highest BCUT2D eigenvalue weighted by Crippen LogP contribution is 2.44. The average molecular weight is 182 g/mol. The highest BCUT2D eigenvalue weighted by atomic mass is 14.4. The van der Waals surface area contributed by atoms with Crippen molar-refractivity contribution in [2.75, 3.05) is 0 Å². The first-order valence-corrected chi connectivity index (χ1v) is 6.11. The zero-order valence-corrected chi connectivity index (χ0v) is 9.90. The molecule has 13 heavy (non-hydrogen) atoms. The number of hydrogen-bond acceptors (Lipinski definition) is 0. The molecule has 0 aromatic rings. The Morgan fingerprint density at radius 2 is 1.69 bits per heavy atom. The molecule has 0 nitrogen and oxygen atoms in total. The third-order valence-corrected chi connectivity index (χ3v) is 4.35. The molecule has 0 saturated heterocycles.